The molecule has 21 heavy (non-hydrogen) atoms. The molecule has 1 aromatic heterocycles. The van der Waals surface area contributed by atoms with Gasteiger partial charge in [0.1, 0.15) is 11.2 Å². The Morgan fingerprint density at radius 2 is 1.62 bits per heavy atom. The average molecular weight is 284 g/mol. The van der Waals surface area contributed by atoms with Crippen molar-refractivity contribution < 1.29 is 24.2 Å². The van der Waals surface area contributed by atoms with Gasteiger partial charge in [-0.3, -0.25) is 9.59 Å². The zero-order chi connectivity index (χ0) is 15.0. The lowest BCUT2D eigenvalue weighted by Gasteiger charge is -2.07. The zero-order valence-electron chi connectivity index (χ0n) is 11.0. The summed E-state index contributed by atoms with van der Waals surface area (Å²) in [5.41, 5.74) is 2.24. The Hall–Kier alpha value is -2.82. The predicted molar refractivity (Wildman–Crippen MR) is 76.4 cm³/mol. The summed E-state index contributed by atoms with van der Waals surface area (Å²) in [7, 11) is 0. The maximum atomic E-state index is 11.1. The van der Waals surface area contributed by atoms with Gasteiger partial charge in [0.15, 0.2) is 0 Å². The number of carboxylic acid groups (broad SMARTS) is 2. The molecule has 2 N–H and O–H groups in total. The summed E-state index contributed by atoms with van der Waals surface area (Å²) in [6.07, 6.45) is -0.443. The molecule has 0 radical (unpaired) electrons. The minimum atomic E-state index is -1.00. The molecule has 0 aliphatic heterocycles. The molecule has 3 rings (SSSR count). The fraction of sp³-hybridized carbons (Fsp3) is 0.125. The van der Waals surface area contributed by atoms with Crippen LogP contribution in [0.5, 0.6) is 0 Å². The van der Waals surface area contributed by atoms with Crippen molar-refractivity contribution in [2.45, 2.75) is 12.8 Å². The zero-order valence-corrected chi connectivity index (χ0v) is 11.0. The molecule has 106 valence electrons. The van der Waals surface area contributed by atoms with E-state index in [9.17, 15) is 9.59 Å². The van der Waals surface area contributed by atoms with Gasteiger partial charge in [0.05, 0.1) is 12.8 Å². The Bertz CT molecular complexity index is 860. The van der Waals surface area contributed by atoms with E-state index in [0.717, 1.165) is 5.39 Å². The third-order valence-corrected chi connectivity index (χ3v) is 3.42. The van der Waals surface area contributed by atoms with E-state index in [-0.39, 0.29) is 12.8 Å². The van der Waals surface area contributed by atoms with E-state index in [1.54, 1.807) is 18.2 Å². The van der Waals surface area contributed by atoms with Crippen LogP contribution in [-0.2, 0) is 22.4 Å². The first-order chi connectivity index (χ1) is 10.1. The molecule has 0 fully saturated rings. The fourth-order valence-electron chi connectivity index (χ4n) is 2.61. The highest BCUT2D eigenvalue weighted by molar-refractivity contribution is 6.08. The molecule has 0 spiro atoms. The van der Waals surface area contributed by atoms with Gasteiger partial charge in [-0.1, -0.05) is 24.3 Å². The Labute approximate surface area is 119 Å². The second-order valence-electron chi connectivity index (χ2n) is 4.82. The molecule has 0 saturated carbocycles. The third kappa shape index (κ3) is 2.33. The third-order valence-electron chi connectivity index (χ3n) is 3.42. The molecule has 0 unspecified atom stereocenters. The predicted octanol–water partition coefficient (Wildman–Crippen LogP) is 2.84. The van der Waals surface area contributed by atoms with Crippen molar-refractivity contribution in [3.8, 4) is 0 Å². The van der Waals surface area contributed by atoms with Crippen LogP contribution in [0.2, 0.25) is 0 Å². The minimum absolute atomic E-state index is 0.210. The largest absolute Gasteiger partial charge is 0.481 e. The second kappa shape index (κ2) is 4.94. The molecule has 2 aromatic carbocycles. The Balaban J connectivity index is 2.35. The van der Waals surface area contributed by atoms with E-state index in [1.807, 2.05) is 18.2 Å². The molecule has 1 heterocycles. The number of furan rings is 1. The normalized spacial score (nSPS) is 11.0. The summed E-state index contributed by atoms with van der Waals surface area (Å²) in [6.45, 7) is 0. The highest BCUT2D eigenvalue weighted by Gasteiger charge is 2.18. The van der Waals surface area contributed by atoms with Crippen LogP contribution in [-0.4, -0.2) is 22.2 Å². The summed E-state index contributed by atoms with van der Waals surface area (Å²) < 4.78 is 5.69. The summed E-state index contributed by atoms with van der Waals surface area (Å²) >= 11 is 0. The van der Waals surface area contributed by atoms with Crippen LogP contribution in [0.25, 0.3) is 21.9 Å². The van der Waals surface area contributed by atoms with E-state index in [4.69, 9.17) is 14.6 Å². The number of hydrogen-bond acceptors (Lipinski definition) is 3. The van der Waals surface area contributed by atoms with E-state index in [2.05, 4.69) is 0 Å². The van der Waals surface area contributed by atoms with Crippen LogP contribution in [0.4, 0.5) is 0 Å². The summed E-state index contributed by atoms with van der Waals surface area (Å²) in [4.78, 5) is 22.1. The minimum Gasteiger partial charge on any atom is -0.481 e. The number of hydrogen-bond donors (Lipinski definition) is 2. The lowest BCUT2D eigenvalue weighted by molar-refractivity contribution is -0.137. The Morgan fingerprint density at radius 3 is 2.33 bits per heavy atom. The first-order valence-corrected chi connectivity index (χ1v) is 6.42. The van der Waals surface area contributed by atoms with Crippen molar-refractivity contribution in [1.29, 1.82) is 0 Å². The van der Waals surface area contributed by atoms with Crippen molar-refractivity contribution in [3.05, 3.63) is 47.5 Å². The van der Waals surface area contributed by atoms with Crippen LogP contribution in [0.3, 0.4) is 0 Å². The Morgan fingerprint density at radius 1 is 0.905 bits per heavy atom. The van der Waals surface area contributed by atoms with Gasteiger partial charge < -0.3 is 14.6 Å². The van der Waals surface area contributed by atoms with Crippen molar-refractivity contribution in [1.82, 2.24) is 0 Å². The maximum Gasteiger partial charge on any atom is 0.307 e. The van der Waals surface area contributed by atoms with E-state index in [0.29, 0.717) is 27.7 Å². The van der Waals surface area contributed by atoms with Crippen LogP contribution in [0, 0.1) is 0 Å². The molecule has 5 nitrogen and oxygen atoms in total. The summed E-state index contributed by atoms with van der Waals surface area (Å²) in [6, 6.07) is 10.6. The summed E-state index contributed by atoms with van der Waals surface area (Å²) in [5.74, 6) is -1.99. The molecule has 0 saturated heterocycles. The van der Waals surface area contributed by atoms with Gasteiger partial charge in [-0.2, -0.15) is 0 Å². The van der Waals surface area contributed by atoms with Gasteiger partial charge in [0.25, 0.3) is 0 Å². The average Bonchev–Trinajstić information content (AvgIpc) is 2.79. The van der Waals surface area contributed by atoms with Gasteiger partial charge in [0, 0.05) is 10.8 Å². The van der Waals surface area contributed by atoms with Gasteiger partial charge in [-0.25, -0.2) is 0 Å². The second-order valence-corrected chi connectivity index (χ2v) is 4.82. The highest BCUT2D eigenvalue weighted by atomic mass is 16.4. The van der Waals surface area contributed by atoms with Crippen LogP contribution in [0.15, 0.2) is 40.8 Å². The Kier molecular flexibility index (Phi) is 3.10. The number of aliphatic carboxylic acids is 2. The standard InChI is InChI=1S/C16H12O5/c17-14(18)7-9-5-6-13-16(11(9)8-15(19)20)10-3-1-2-4-12(10)21-13/h1-6H,7-8H2,(H,17,18)(H,19,20). The lowest BCUT2D eigenvalue weighted by Crippen LogP contribution is -2.08. The maximum absolute atomic E-state index is 11.1. The summed E-state index contributed by atoms with van der Waals surface area (Å²) in [5, 5.41) is 19.6. The number of para-hydroxylation sites is 1. The molecule has 0 aliphatic rings. The van der Waals surface area contributed by atoms with Gasteiger partial charge in [-0.05, 0) is 23.3 Å². The van der Waals surface area contributed by atoms with Crippen LogP contribution < -0.4 is 0 Å². The number of carboxylic acids is 2. The monoisotopic (exact) mass is 284 g/mol. The van der Waals surface area contributed by atoms with Crippen molar-refractivity contribution in [2.75, 3.05) is 0 Å². The van der Waals surface area contributed by atoms with E-state index < -0.39 is 11.9 Å². The van der Waals surface area contributed by atoms with Crippen LogP contribution in [0.1, 0.15) is 11.1 Å². The van der Waals surface area contributed by atoms with E-state index in [1.165, 1.54) is 0 Å². The van der Waals surface area contributed by atoms with E-state index >= 15 is 0 Å². The molecule has 0 aliphatic carbocycles. The molecule has 0 amide bonds. The fourth-order valence-corrected chi connectivity index (χ4v) is 2.61. The number of fused-ring (bicyclic) bond motifs is 3. The molecular formula is C16H12O5. The van der Waals surface area contributed by atoms with Crippen molar-refractivity contribution in [3.63, 3.8) is 0 Å². The molecule has 0 atom stereocenters. The first kappa shape index (κ1) is 13.2. The van der Waals surface area contributed by atoms with Crippen molar-refractivity contribution in [2.24, 2.45) is 0 Å². The molecular weight excluding hydrogens is 272 g/mol. The quantitative estimate of drug-likeness (QED) is 0.769. The van der Waals surface area contributed by atoms with Gasteiger partial charge >= 0.3 is 11.9 Å². The number of rotatable bonds is 4. The lowest BCUT2D eigenvalue weighted by atomic mass is 9.96. The first-order valence-electron chi connectivity index (χ1n) is 6.42. The van der Waals surface area contributed by atoms with Gasteiger partial charge in [-0.15, -0.1) is 0 Å². The van der Waals surface area contributed by atoms with Crippen LogP contribution >= 0.6 is 0 Å². The molecule has 3 aromatic rings. The van der Waals surface area contributed by atoms with Crippen molar-refractivity contribution >= 4 is 33.9 Å². The SMILES string of the molecule is O=C(O)Cc1ccc2oc3ccccc3c2c1CC(=O)O. The molecule has 0 bridgehead atoms. The smallest absolute Gasteiger partial charge is 0.307 e. The molecule has 5 heteroatoms. The number of benzene rings is 2. The topological polar surface area (TPSA) is 87.7 Å². The highest BCUT2D eigenvalue weighted by Crippen LogP contribution is 2.33. The van der Waals surface area contributed by atoms with Gasteiger partial charge in [0.2, 0.25) is 0 Å². The number of carbonyl (C=O) groups is 2.